The zero-order valence-corrected chi connectivity index (χ0v) is 10.9. The molecule has 19 heavy (non-hydrogen) atoms. The molecule has 0 radical (unpaired) electrons. The van der Waals surface area contributed by atoms with Crippen LogP contribution in [0.4, 0.5) is 11.6 Å². The van der Waals surface area contributed by atoms with E-state index in [9.17, 15) is 0 Å². The van der Waals surface area contributed by atoms with Crippen molar-refractivity contribution in [3.05, 3.63) is 35.7 Å². The van der Waals surface area contributed by atoms with Crippen molar-refractivity contribution in [2.24, 2.45) is 0 Å². The van der Waals surface area contributed by atoms with Crippen LogP contribution in [0.15, 0.2) is 28.8 Å². The van der Waals surface area contributed by atoms with Gasteiger partial charge in [0.25, 0.3) is 5.95 Å². The van der Waals surface area contributed by atoms with Gasteiger partial charge in [-0.15, -0.1) is 0 Å². The van der Waals surface area contributed by atoms with Gasteiger partial charge in [0.05, 0.1) is 0 Å². The third-order valence-corrected chi connectivity index (χ3v) is 3.51. The van der Waals surface area contributed by atoms with Gasteiger partial charge in [0.15, 0.2) is 0 Å². The molecule has 1 aromatic heterocycles. The molecule has 0 bridgehead atoms. The number of nitrogen functional groups attached to an aromatic ring is 1. The fourth-order valence-corrected chi connectivity index (χ4v) is 2.40. The number of aryl methyl sites for hydroxylation is 2. The van der Waals surface area contributed by atoms with Crippen molar-refractivity contribution in [3.8, 4) is 0 Å². The number of hydrogen-bond acceptors (Lipinski definition) is 5. The Hall–Kier alpha value is -2.04. The summed E-state index contributed by atoms with van der Waals surface area (Å²) in [6.45, 7) is 2.06. The number of para-hydroxylation sites is 1. The molecule has 1 aliphatic heterocycles. The van der Waals surface area contributed by atoms with E-state index in [0.29, 0.717) is 5.89 Å². The molecule has 0 spiro atoms. The van der Waals surface area contributed by atoms with Gasteiger partial charge in [-0.05, 0) is 36.0 Å². The van der Waals surface area contributed by atoms with Crippen molar-refractivity contribution < 1.29 is 4.52 Å². The van der Waals surface area contributed by atoms with E-state index < -0.39 is 0 Å². The molecule has 5 heteroatoms. The molecule has 2 aromatic rings. The maximum absolute atomic E-state index is 5.91. The molecule has 0 unspecified atom stereocenters. The highest BCUT2D eigenvalue weighted by atomic mass is 16.5. The van der Waals surface area contributed by atoms with E-state index in [-0.39, 0.29) is 0 Å². The van der Waals surface area contributed by atoms with Crippen molar-refractivity contribution in [1.82, 2.24) is 10.1 Å². The highest BCUT2D eigenvalue weighted by Crippen LogP contribution is 2.18. The van der Waals surface area contributed by atoms with Gasteiger partial charge in [-0.1, -0.05) is 18.2 Å². The standard InChI is InChI=1S/C14H18N4O/c15-12-6-2-1-5-11(12)7-8-13-16-14(17-19-13)18-9-3-4-10-18/h1-2,5-6H,3-4,7-10,15H2. The minimum Gasteiger partial charge on any atom is -0.399 e. The molecule has 2 heterocycles. The maximum Gasteiger partial charge on any atom is 0.266 e. The van der Waals surface area contributed by atoms with Crippen LogP contribution in [-0.4, -0.2) is 23.2 Å². The van der Waals surface area contributed by atoms with E-state index in [1.54, 1.807) is 0 Å². The predicted octanol–water partition coefficient (Wildman–Crippen LogP) is 2.04. The number of hydrogen-bond donors (Lipinski definition) is 1. The Morgan fingerprint density at radius 3 is 2.74 bits per heavy atom. The van der Waals surface area contributed by atoms with E-state index in [4.69, 9.17) is 10.3 Å². The predicted molar refractivity (Wildman–Crippen MR) is 74.0 cm³/mol. The number of nitrogens with two attached hydrogens (primary N) is 1. The molecule has 1 fully saturated rings. The van der Waals surface area contributed by atoms with Crippen molar-refractivity contribution in [3.63, 3.8) is 0 Å². The molecule has 1 aliphatic rings. The third kappa shape index (κ3) is 2.70. The lowest BCUT2D eigenvalue weighted by atomic mass is 10.1. The number of nitrogens with zero attached hydrogens (tertiary/aromatic N) is 3. The van der Waals surface area contributed by atoms with Gasteiger partial charge >= 0.3 is 0 Å². The number of anilines is 2. The molecule has 0 amide bonds. The summed E-state index contributed by atoms with van der Waals surface area (Å²) in [5.41, 5.74) is 7.86. The second kappa shape index (κ2) is 5.30. The molecular formula is C14H18N4O. The fraction of sp³-hybridized carbons (Fsp3) is 0.429. The Kier molecular flexibility index (Phi) is 3.35. The average molecular weight is 258 g/mol. The van der Waals surface area contributed by atoms with Gasteiger partial charge in [0.2, 0.25) is 5.89 Å². The zero-order chi connectivity index (χ0) is 13.1. The second-order valence-electron chi connectivity index (χ2n) is 4.88. The van der Waals surface area contributed by atoms with Crippen LogP contribution in [0.5, 0.6) is 0 Å². The number of aromatic nitrogens is 2. The lowest BCUT2D eigenvalue weighted by molar-refractivity contribution is 0.377. The molecule has 5 nitrogen and oxygen atoms in total. The second-order valence-corrected chi connectivity index (χ2v) is 4.88. The van der Waals surface area contributed by atoms with Crippen LogP contribution < -0.4 is 10.6 Å². The summed E-state index contributed by atoms with van der Waals surface area (Å²) in [5.74, 6) is 1.42. The SMILES string of the molecule is Nc1ccccc1CCc1nc(N2CCCC2)no1. The van der Waals surface area contributed by atoms with Crippen LogP contribution >= 0.6 is 0 Å². The van der Waals surface area contributed by atoms with Crippen LogP contribution in [0.2, 0.25) is 0 Å². The largest absolute Gasteiger partial charge is 0.399 e. The lowest BCUT2D eigenvalue weighted by Gasteiger charge is -2.09. The van der Waals surface area contributed by atoms with Gasteiger partial charge in [-0.25, -0.2) is 0 Å². The molecule has 1 aromatic carbocycles. The summed E-state index contributed by atoms with van der Waals surface area (Å²) in [6.07, 6.45) is 3.98. The van der Waals surface area contributed by atoms with Gasteiger partial charge in [0.1, 0.15) is 0 Å². The summed E-state index contributed by atoms with van der Waals surface area (Å²) >= 11 is 0. The summed E-state index contributed by atoms with van der Waals surface area (Å²) in [7, 11) is 0. The van der Waals surface area contributed by atoms with Gasteiger partial charge in [0, 0.05) is 25.2 Å². The van der Waals surface area contributed by atoms with Gasteiger partial charge < -0.3 is 15.2 Å². The van der Waals surface area contributed by atoms with Crippen molar-refractivity contribution in [2.45, 2.75) is 25.7 Å². The Morgan fingerprint density at radius 1 is 1.16 bits per heavy atom. The summed E-state index contributed by atoms with van der Waals surface area (Å²) in [4.78, 5) is 6.61. The van der Waals surface area contributed by atoms with E-state index in [1.165, 1.54) is 12.8 Å². The minimum absolute atomic E-state index is 0.685. The molecule has 2 N–H and O–H groups in total. The number of benzene rings is 1. The zero-order valence-electron chi connectivity index (χ0n) is 10.9. The Bertz CT molecular complexity index is 546. The van der Waals surface area contributed by atoms with Crippen LogP contribution in [-0.2, 0) is 12.8 Å². The quantitative estimate of drug-likeness (QED) is 0.850. The highest BCUT2D eigenvalue weighted by Gasteiger charge is 2.17. The normalized spacial score (nSPS) is 15.1. The molecule has 1 saturated heterocycles. The monoisotopic (exact) mass is 258 g/mol. The van der Waals surface area contributed by atoms with Gasteiger partial charge in [-0.3, -0.25) is 0 Å². The van der Waals surface area contributed by atoms with Crippen LogP contribution in [0, 0.1) is 0 Å². The summed E-state index contributed by atoms with van der Waals surface area (Å²) in [5, 5.41) is 4.04. The Balaban J connectivity index is 1.63. The highest BCUT2D eigenvalue weighted by molar-refractivity contribution is 5.46. The third-order valence-electron chi connectivity index (χ3n) is 3.51. The van der Waals surface area contributed by atoms with Crippen molar-refractivity contribution in [1.29, 1.82) is 0 Å². The first-order valence-corrected chi connectivity index (χ1v) is 6.74. The van der Waals surface area contributed by atoms with E-state index in [1.807, 2.05) is 24.3 Å². The van der Waals surface area contributed by atoms with Crippen LogP contribution in [0.3, 0.4) is 0 Å². The van der Waals surface area contributed by atoms with Gasteiger partial charge in [-0.2, -0.15) is 4.98 Å². The van der Waals surface area contributed by atoms with Crippen molar-refractivity contribution >= 4 is 11.6 Å². The average Bonchev–Trinajstić information content (AvgIpc) is 3.09. The summed E-state index contributed by atoms with van der Waals surface area (Å²) < 4.78 is 5.30. The molecule has 0 aliphatic carbocycles. The smallest absolute Gasteiger partial charge is 0.266 e. The first-order valence-electron chi connectivity index (χ1n) is 6.74. The van der Waals surface area contributed by atoms with Crippen LogP contribution in [0.1, 0.15) is 24.3 Å². The van der Waals surface area contributed by atoms with E-state index in [0.717, 1.165) is 43.1 Å². The Labute approximate surface area is 112 Å². The van der Waals surface area contributed by atoms with E-state index in [2.05, 4.69) is 15.0 Å². The fourth-order valence-electron chi connectivity index (χ4n) is 2.40. The topological polar surface area (TPSA) is 68.2 Å². The lowest BCUT2D eigenvalue weighted by Crippen LogP contribution is -2.18. The number of rotatable bonds is 4. The maximum atomic E-state index is 5.91. The molecule has 3 rings (SSSR count). The summed E-state index contributed by atoms with van der Waals surface area (Å²) in [6, 6.07) is 7.89. The molecule has 0 atom stereocenters. The minimum atomic E-state index is 0.685. The Morgan fingerprint density at radius 2 is 1.95 bits per heavy atom. The van der Waals surface area contributed by atoms with Crippen molar-refractivity contribution in [2.75, 3.05) is 23.7 Å². The molecular weight excluding hydrogens is 240 g/mol. The first kappa shape index (κ1) is 12.0. The molecule has 100 valence electrons. The first-order chi connectivity index (χ1) is 9.33. The van der Waals surface area contributed by atoms with E-state index >= 15 is 0 Å². The molecule has 0 saturated carbocycles. The van der Waals surface area contributed by atoms with Crippen LogP contribution in [0.25, 0.3) is 0 Å².